The zero-order valence-electron chi connectivity index (χ0n) is 20.7. The van der Waals surface area contributed by atoms with E-state index in [4.69, 9.17) is 22.3 Å². The van der Waals surface area contributed by atoms with Crippen molar-refractivity contribution in [3.63, 3.8) is 0 Å². The monoisotopic (exact) mass is 531 g/mol. The zero-order chi connectivity index (χ0) is 26.5. The van der Waals surface area contributed by atoms with Crippen molar-refractivity contribution in [2.24, 2.45) is 11.1 Å². The number of rotatable bonds is 4. The van der Waals surface area contributed by atoms with E-state index in [-0.39, 0.29) is 28.4 Å². The molecule has 0 bridgehead atoms. The lowest BCUT2D eigenvalue weighted by Crippen LogP contribution is -2.45. The molecule has 0 amide bonds. The summed E-state index contributed by atoms with van der Waals surface area (Å²) in [4.78, 5) is 11.4. The van der Waals surface area contributed by atoms with E-state index in [0.29, 0.717) is 30.3 Å². The van der Waals surface area contributed by atoms with Crippen molar-refractivity contribution in [3.05, 3.63) is 69.5 Å². The number of halogens is 4. The summed E-state index contributed by atoms with van der Waals surface area (Å²) in [6.07, 6.45) is -1.99. The van der Waals surface area contributed by atoms with E-state index in [1.54, 1.807) is 6.92 Å². The van der Waals surface area contributed by atoms with Crippen molar-refractivity contribution in [3.8, 4) is 11.3 Å². The molecule has 1 fully saturated rings. The molecule has 2 heterocycles. The molecule has 2 aromatic carbocycles. The Morgan fingerprint density at radius 1 is 1.16 bits per heavy atom. The predicted octanol–water partition coefficient (Wildman–Crippen LogP) is 5.50. The van der Waals surface area contributed by atoms with Crippen molar-refractivity contribution in [1.29, 1.82) is 0 Å². The number of hydrogen-bond donors (Lipinski definition) is 3. The number of fused-ring (bicyclic) bond motifs is 1. The van der Waals surface area contributed by atoms with Gasteiger partial charge in [0.15, 0.2) is 5.82 Å². The average molecular weight is 532 g/mol. The summed E-state index contributed by atoms with van der Waals surface area (Å²) < 4.78 is 41.3. The third-order valence-corrected chi connectivity index (χ3v) is 8.26. The third-order valence-electron chi connectivity index (χ3n) is 7.87. The van der Waals surface area contributed by atoms with Gasteiger partial charge in [-0.05, 0) is 54.9 Å². The Labute approximate surface area is 218 Å². The SMILES string of the molecule is CNc1ccc(-c2nc(CO)c(N3CCC4(CC3)Cc3ccccc3[C@H]4N)nc2C)c(Cl)c1C(F)(F)F. The van der Waals surface area contributed by atoms with Crippen molar-refractivity contribution in [1.82, 2.24) is 9.97 Å². The molecule has 0 unspecified atom stereocenters. The van der Waals surface area contributed by atoms with E-state index in [2.05, 4.69) is 27.3 Å². The van der Waals surface area contributed by atoms with Crippen LogP contribution in [0.4, 0.5) is 24.7 Å². The van der Waals surface area contributed by atoms with Gasteiger partial charge in [0.1, 0.15) is 5.69 Å². The van der Waals surface area contributed by atoms with E-state index in [0.717, 1.165) is 19.3 Å². The van der Waals surface area contributed by atoms with E-state index in [9.17, 15) is 18.3 Å². The maximum Gasteiger partial charge on any atom is 0.419 e. The lowest BCUT2D eigenvalue weighted by molar-refractivity contribution is -0.136. The van der Waals surface area contributed by atoms with Crippen LogP contribution in [0, 0.1) is 12.3 Å². The first-order valence-corrected chi connectivity index (χ1v) is 12.6. The molecule has 0 saturated carbocycles. The fraction of sp³-hybridized carbons (Fsp3) is 0.407. The second-order valence-corrected chi connectivity index (χ2v) is 10.3. The smallest absolute Gasteiger partial charge is 0.390 e. The number of anilines is 2. The number of aliphatic hydroxyl groups excluding tert-OH is 1. The van der Waals surface area contributed by atoms with Gasteiger partial charge in [0, 0.05) is 37.4 Å². The van der Waals surface area contributed by atoms with E-state index in [1.807, 2.05) is 12.1 Å². The minimum atomic E-state index is -4.66. The van der Waals surface area contributed by atoms with Crippen LogP contribution in [0.3, 0.4) is 0 Å². The summed E-state index contributed by atoms with van der Waals surface area (Å²) in [6.45, 7) is 2.67. The molecular formula is C27H29ClF3N5O. The zero-order valence-corrected chi connectivity index (χ0v) is 21.4. The van der Waals surface area contributed by atoms with Crippen LogP contribution in [0.15, 0.2) is 36.4 Å². The third kappa shape index (κ3) is 4.32. The molecule has 3 aromatic rings. The van der Waals surface area contributed by atoms with Crippen LogP contribution in [0.25, 0.3) is 11.3 Å². The second-order valence-electron chi connectivity index (χ2n) is 9.89. The number of aliphatic hydroxyl groups is 1. The molecule has 0 radical (unpaired) electrons. The van der Waals surface area contributed by atoms with Gasteiger partial charge in [0.2, 0.25) is 0 Å². The molecule has 1 aromatic heterocycles. The van der Waals surface area contributed by atoms with Crippen molar-refractivity contribution >= 4 is 23.1 Å². The number of hydrogen-bond acceptors (Lipinski definition) is 6. The van der Waals surface area contributed by atoms with Crippen molar-refractivity contribution in [2.75, 3.05) is 30.4 Å². The Morgan fingerprint density at radius 3 is 2.49 bits per heavy atom. The van der Waals surface area contributed by atoms with Crippen LogP contribution >= 0.6 is 11.6 Å². The number of nitrogens with zero attached hydrogens (tertiary/aromatic N) is 3. The van der Waals surface area contributed by atoms with Crippen LogP contribution < -0.4 is 16.0 Å². The van der Waals surface area contributed by atoms with Crippen molar-refractivity contribution in [2.45, 2.75) is 45.0 Å². The van der Waals surface area contributed by atoms with Gasteiger partial charge >= 0.3 is 6.18 Å². The molecule has 1 spiro atoms. The molecule has 2 aliphatic rings. The number of alkyl halides is 3. The number of aryl methyl sites for hydroxylation is 1. The topological polar surface area (TPSA) is 87.3 Å². The number of piperidine rings is 1. The summed E-state index contributed by atoms with van der Waals surface area (Å²) >= 11 is 6.28. The summed E-state index contributed by atoms with van der Waals surface area (Å²) in [6, 6.07) is 11.1. The van der Waals surface area contributed by atoms with Gasteiger partial charge in [-0.2, -0.15) is 13.2 Å². The number of nitrogens with one attached hydrogen (secondary N) is 1. The van der Waals surface area contributed by atoms with E-state index < -0.39 is 23.4 Å². The fourth-order valence-electron chi connectivity index (χ4n) is 5.87. The lowest BCUT2D eigenvalue weighted by Gasteiger charge is -2.43. The second kappa shape index (κ2) is 9.45. The average Bonchev–Trinajstić information content (AvgIpc) is 3.14. The highest BCUT2D eigenvalue weighted by Gasteiger charge is 2.46. The molecule has 1 aliphatic carbocycles. The van der Waals surface area contributed by atoms with Gasteiger partial charge in [0.05, 0.1) is 28.6 Å². The van der Waals surface area contributed by atoms with Gasteiger partial charge in [0.25, 0.3) is 0 Å². The minimum Gasteiger partial charge on any atom is -0.390 e. The molecule has 37 heavy (non-hydrogen) atoms. The molecule has 1 atom stereocenters. The van der Waals surface area contributed by atoms with Crippen LogP contribution in [-0.2, 0) is 19.2 Å². The quantitative estimate of drug-likeness (QED) is 0.412. The highest BCUT2D eigenvalue weighted by molar-refractivity contribution is 6.34. The highest BCUT2D eigenvalue weighted by Crippen LogP contribution is 2.51. The van der Waals surface area contributed by atoms with Gasteiger partial charge < -0.3 is 21.1 Å². The molecule has 10 heteroatoms. The van der Waals surface area contributed by atoms with Crippen LogP contribution in [0.1, 0.15) is 47.0 Å². The first-order chi connectivity index (χ1) is 17.6. The molecule has 1 aliphatic heterocycles. The maximum atomic E-state index is 13.8. The standard InChI is InChI=1S/C27H29ClF3N5O/c1-15-23(18-7-8-19(33-2)21(22(18)28)27(29,30)31)35-20(14-37)25(34-15)36-11-9-26(10-12-36)13-16-5-3-4-6-17(16)24(26)32/h3-8,24,33,37H,9-14,32H2,1-2H3/t24-/m1/s1. The van der Waals surface area contributed by atoms with Gasteiger partial charge in [-0.1, -0.05) is 35.9 Å². The Kier molecular flexibility index (Phi) is 6.58. The first-order valence-electron chi connectivity index (χ1n) is 12.2. The van der Waals surface area contributed by atoms with E-state index in [1.165, 1.54) is 30.3 Å². The van der Waals surface area contributed by atoms with E-state index >= 15 is 0 Å². The van der Waals surface area contributed by atoms with Gasteiger partial charge in [-0.15, -0.1) is 0 Å². The van der Waals surface area contributed by atoms with Crippen LogP contribution in [0.5, 0.6) is 0 Å². The van der Waals surface area contributed by atoms with Gasteiger partial charge in [-0.3, -0.25) is 0 Å². The van der Waals surface area contributed by atoms with Crippen LogP contribution in [0.2, 0.25) is 5.02 Å². The lowest BCUT2D eigenvalue weighted by atomic mass is 9.73. The van der Waals surface area contributed by atoms with Crippen LogP contribution in [-0.4, -0.2) is 35.2 Å². The summed E-state index contributed by atoms with van der Waals surface area (Å²) in [7, 11) is 1.41. The summed E-state index contributed by atoms with van der Waals surface area (Å²) in [5.74, 6) is 0.543. The molecule has 6 nitrogen and oxygen atoms in total. The minimum absolute atomic E-state index is 0.0153. The summed E-state index contributed by atoms with van der Waals surface area (Å²) in [5.41, 5.74) is 9.19. The highest BCUT2D eigenvalue weighted by atomic mass is 35.5. The largest absolute Gasteiger partial charge is 0.419 e. The van der Waals surface area contributed by atoms with Crippen molar-refractivity contribution < 1.29 is 18.3 Å². The number of benzene rings is 2. The predicted molar refractivity (Wildman–Crippen MR) is 139 cm³/mol. The Balaban J connectivity index is 1.45. The number of nitrogens with two attached hydrogens (primary N) is 1. The normalized spacial score (nSPS) is 18.8. The van der Waals surface area contributed by atoms with Gasteiger partial charge in [-0.25, -0.2) is 9.97 Å². The number of aromatic nitrogens is 2. The molecule has 1 saturated heterocycles. The summed E-state index contributed by atoms with van der Waals surface area (Å²) in [5, 5.41) is 12.2. The molecular weight excluding hydrogens is 503 g/mol. The first kappa shape index (κ1) is 25.8. The fourth-order valence-corrected chi connectivity index (χ4v) is 6.23. The Hall–Kier alpha value is -2.88. The molecule has 4 N–H and O–H groups in total. The molecule has 5 rings (SSSR count). The maximum absolute atomic E-state index is 13.8. The Bertz CT molecular complexity index is 1340. The Morgan fingerprint density at radius 2 is 1.86 bits per heavy atom. The molecule has 196 valence electrons.